The van der Waals surface area contributed by atoms with Crippen LogP contribution in [0.2, 0.25) is 0 Å². The van der Waals surface area contributed by atoms with E-state index in [4.69, 9.17) is 5.11 Å². The monoisotopic (exact) mass is 368 g/mol. The Morgan fingerprint density at radius 1 is 1.12 bits per heavy atom. The third-order valence-electron chi connectivity index (χ3n) is 4.85. The van der Waals surface area contributed by atoms with E-state index in [2.05, 4.69) is 0 Å². The first-order chi connectivity index (χ1) is 12.4. The Labute approximate surface area is 150 Å². The van der Waals surface area contributed by atoms with Crippen molar-refractivity contribution in [2.24, 2.45) is 11.8 Å². The molecule has 0 heterocycles. The number of carbonyl (C=O) groups excluding carboxylic acids is 1. The van der Waals surface area contributed by atoms with Crippen molar-refractivity contribution in [1.82, 2.24) is 0 Å². The van der Waals surface area contributed by atoms with Crippen LogP contribution in [-0.4, -0.2) is 16.9 Å². The zero-order valence-corrected chi connectivity index (χ0v) is 14.5. The van der Waals surface area contributed by atoms with Gasteiger partial charge in [0.1, 0.15) is 5.78 Å². The van der Waals surface area contributed by atoms with Gasteiger partial charge in [-0.3, -0.25) is 9.59 Å². The number of halogens is 3. The van der Waals surface area contributed by atoms with Crippen molar-refractivity contribution in [2.75, 3.05) is 0 Å². The van der Waals surface area contributed by atoms with E-state index in [0.29, 0.717) is 19.3 Å². The Hall–Kier alpha value is -2.11. The van der Waals surface area contributed by atoms with Gasteiger partial charge in [0.2, 0.25) is 0 Å². The lowest BCUT2D eigenvalue weighted by molar-refractivity contribution is -0.137. The summed E-state index contributed by atoms with van der Waals surface area (Å²) in [6.45, 7) is 0. The Morgan fingerprint density at radius 3 is 2.42 bits per heavy atom. The fraction of sp³-hybridized carbons (Fsp3) is 0.500. The van der Waals surface area contributed by atoms with Crippen LogP contribution in [-0.2, 0) is 9.59 Å². The van der Waals surface area contributed by atoms with Gasteiger partial charge in [0.05, 0.1) is 0 Å². The summed E-state index contributed by atoms with van der Waals surface area (Å²) < 4.78 is 39.5. The highest BCUT2D eigenvalue weighted by Gasteiger charge is 2.32. The number of aliphatic carboxylic acids is 1. The molecular formula is C20H23F3O3. The van der Waals surface area contributed by atoms with Crippen LogP contribution in [0, 0.1) is 29.3 Å². The molecule has 1 fully saturated rings. The minimum absolute atomic E-state index is 0.0118. The molecule has 2 rings (SSSR count). The number of carboxylic acids is 1. The third-order valence-corrected chi connectivity index (χ3v) is 4.85. The number of unbranched alkanes of at least 4 members (excludes halogenated alkanes) is 3. The smallest absolute Gasteiger partial charge is 0.303 e. The van der Waals surface area contributed by atoms with Gasteiger partial charge in [-0.05, 0) is 42.9 Å². The average Bonchev–Trinajstić information content (AvgIpc) is 2.93. The molecule has 1 aliphatic rings. The van der Waals surface area contributed by atoms with E-state index in [9.17, 15) is 22.8 Å². The fourth-order valence-electron chi connectivity index (χ4n) is 3.44. The molecule has 0 radical (unpaired) electrons. The number of Topliss-reactive ketones (excluding diaryl/α,β-unsaturated/α-hetero) is 1. The van der Waals surface area contributed by atoms with Gasteiger partial charge in [0.15, 0.2) is 17.5 Å². The maximum absolute atomic E-state index is 13.3. The molecule has 1 saturated carbocycles. The molecule has 26 heavy (non-hydrogen) atoms. The second-order valence-electron chi connectivity index (χ2n) is 6.78. The molecule has 3 nitrogen and oxygen atoms in total. The third kappa shape index (κ3) is 5.71. The van der Waals surface area contributed by atoms with Gasteiger partial charge in [0, 0.05) is 18.8 Å². The summed E-state index contributed by atoms with van der Waals surface area (Å²) in [5.74, 6) is -4.65. The number of carboxylic acid groups (broad SMARTS) is 1. The zero-order valence-electron chi connectivity index (χ0n) is 14.5. The molecule has 0 amide bonds. The normalized spacial score (nSPS) is 20.2. The molecule has 6 heteroatoms. The second kappa shape index (κ2) is 9.55. The first-order valence-electron chi connectivity index (χ1n) is 8.95. The largest absolute Gasteiger partial charge is 0.481 e. The van der Waals surface area contributed by atoms with E-state index in [1.165, 1.54) is 6.08 Å². The number of hydrogen-bond acceptors (Lipinski definition) is 2. The highest BCUT2D eigenvalue weighted by Crippen LogP contribution is 2.34. The van der Waals surface area contributed by atoms with E-state index in [0.717, 1.165) is 37.8 Å². The molecule has 0 spiro atoms. The van der Waals surface area contributed by atoms with Crippen molar-refractivity contribution in [3.05, 3.63) is 41.2 Å². The molecule has 0 aromatic heterocycles. The number of carbonyl (C=O) groups is 2. The first kappa shape index (κ1) is 20.2. The zero-order chi connectivity index (χ0) is 19.1. The SMILES string of the molecule is O=C(O)CCCCCCC1C(=O)CCC1/C=C/c1cc(F)c(F)c(F)c1. The van der Waals surface area contributed by atoms with Crippen LogP contribution in [0.1, 0.15) is 56.9 Å². The van der Waals surface area contributed by atoms with Crippen LogP contribution < -0.4 is 0 Å². The summed E-state index contributed by atoms with van der Waals surface area (Å²) in [7, 11) is 0. The number of ketones is 1. The lowest BCUT2D eigenvalue weighted by Crippen LogP contribution is -2.13. The van der Waals surface area contributed by atoms with Crippen LogP contribution in [0.15, 0.2) is 18.2 Å². The summed E-state index contributed by atoms with van der Waals surface area (Å²) in [4.78, 5) is 22.5. The van der Waals surface area contributed by atoms with Gasteiger partial charge in [-0.2, -0.15) is 0 Å². The molecule has 0 aliphatic heterocycles. The number of hydrogen-bond donors (Lipinski definition) is 1. The number of benzene rings is 1. The number of allylic oxidation sites excluding steroid dienone is 1. The van der Waals surface area contributed by atoms with Gasteiger partial charge >= 0.3 is 5.97 Å². The van der Waals surface area contributed by atoms with Crippen molar-refractivity contribution in [2.45, 2.75) is 51.4 Å². The maximum atomic E-state index is 13.3. The second-order valence-corrected chi connectivity index (χ2v) is 6.78. The minimum atomic E-state index is -1.49. The van der Waals surface area contributed by atoms with E-state index >= 15 is 0 Å². The summed E-state index contributed by atoms with van der Waals surface area (Å²) >= 11 is 0. The van der Waals surface area contributed by atoms with Crippen LogP contribution in [0.4, 0.5) is 13.2 Å². The van der Waals surface area contributed by atoms with Gasteiger partial charge < -0.3 is 5.11 Å². The molecular weight excluding hydrogens is 345 g/mol. The topological polar surface area (TPSA) is 54.4 Å². The van der Waals surface area contributed by atoms with E-state index in [-0.39, 0.29) is 29.6 Å². The minimum Gasteiger partial charge on any atom is -0.481 e. The highest BCUT2D eigenvalue weighted by molar-refractivity contribution is 5.84. The molecule has 0 bridgehead atoms. The molecule has 1 aliphatic carbocycles. The quantitative estimate of drug-likeness (QED) is 0.485. The molecule has 0 saturated heterocycles. The standard InChI is InChI=1S/C20H23F3O3/c21-16-11-13(12-17(22)20(16)23)7-8-14-9-10-18(24)15(14)5-3-1-2-4-6-19(25)26/h7-8,11-12,14-15H,1-6,9-10H2,(H,25,26)/b8-7+. The Morgan fingerprint density at radius 2 is 1.77 bits per heavy atom. The lowest BCUT2D eigenvalue weighted by atomic mass is 9.89. The summed E-state index contributed by atoms with van der Waals surface area (Å²) in [6.07, 6.45) is 8.59. The van der Waals surface area contributed by atoms with E-state index < -0.39 is 23.4 Å². The Balaban J connectivity index is 1.87. The van der Waals surface area contributed by atoms with Crippen molar-refractivity contribution in [1.29, 1.82) is 0 Å². The van der Waals surface area contributed by atoms with Crippen LogP contribution in [0.3, 0.4) is 0 Å². The van der Waals surface area contributed by atoms with Gasteiger partial charge in [-0.15, -0.1) is 0 Å². The predicted molar refractivity (Wildman–Crippen MR) is 91.9 cm³/mol. The molecule has 142 valence electrons. The lowest BCUT2D eigenvalue weighted by Gasteiger charge is -2.14. The van der Waals surface area contributed by atoms with E-state index in [1.807, 2.05) is 0 Å². The van der Waals surface area contributed by atoms with Crippen molar-refractivity contribution < 1.29 is 27.9 Å². The molecule has 2 atom stereocenters. The average molecular weight is 368 g/mol. The molecule has 2 unspecified atom stereocenters. The van der Waals surface area contributed by atoms with Gasteiger partial charge in [0.25, 0.3) is 0 Å². The molecule has 1 aromatic carbocycles. The van der Waals surface area contributed by atoms with Crippen molar-refractivity contribution >= 4 is 17.8 Å². The van der Waals surface area contributed by atoms with Crippen molar-refractivity contribution in [3.8, 4) is 0 Å². The van der Waals surface area contributed by atoms with E-state index in [1.54, 1.807) is 6.08 Å². The van der Waals surface area contributed by atoms with Gasteiger partial charge in [-0.1, -0.05) is 31.4 Å². The van der Waals surface area contributed by atoms with Crippen LogP contribution >= 0.6 is 0 Å². The Bertz CT molecular complexity index is 662. The van der Waals surface area contributed by atoms with Crippen molar-refractivity contribution in [3.63, 3.8) is 0 Å². The van der Waals surface area contributed by atoms with Crippen LogP contribution in [0.25, 0.3) is 6.08 Å². The molecule has 1 aromatic rings. The summed E-state index contributed by atoms with van der Waals surface area (Å²) in [6, 6.07) is 1.87. The highest BCUT2D eigenvalue weighted by atomic mass is 19.2. The predicted octanol–water partition coefficient (Wildman–Crippen LogP) is 5.14. The van der Waals surface area contributed by atoms with Gasteiger partial charge in [-0.25, -0.2) is 13.2 Å². The van der Waals surface area contributed by atoms with Crippen LogP contribution in [0.5, 0.6) is 0 Å². The first-order valence-corrected chi connectivity index (χ1v) is 8.95. The fourth-order valence-corrected chi connectivity index (χ4v) is 3.44. The Kier molecular flexibility index (Phi) is 7.42. The number of rotatable bonds is 9. The summed E-state index contributed by atoms with van der Waals surface area (Å²) in [5, 5.41) is 8.59. The molecule has 1 N–H and O–H groups in total. The summed E-state index contributed by atoms with van der Waals surface area (Å²) in [5.41, 5.74) is 0.230. The maximum Gasteiger partial charge on any atom is 0.303 e.